The number of pyridine rings is 1. The molecule has 3 heteroatoms. The fraction of sp³-hybridized carbons (Fsp3) is 0.462. The van der Waals surface area contributed by atoms with Gasteiger partial charge in [-0.25, -0.2) is 4.98 Å². The number of hydrogen-bond donors (Lipinski definition) is 2. The van der Waals surface area contributed by atoms with E-state index >= 15 is 0 Å². The van der Waals surface area contributed by atoms with Gasteiger partial charge in [0.05, 0.1) is 0 Å². The zero-order valence-corrected chi connectivity index (χ0v) is 9.53. The number of nitrogens with zero attached hydrogens (tertiary/aromatic N) is 1. The summed E-state index contributed by atoms with van der Waals surface area (Å²) >= 11 is 0. The van der Waals surface area contributed by atoms with Gasteiger partial charge in [-0.05, 0) is 37.6 Å². The Morgan fingerprint density at radius 3 is 3.19 bits per heavy atom. The van der Waals surface area contributed by atoms with E-state index in [0.29, 0.717) is 12.0 Å². The Bertz CT molecular complexity index is 450. The summed E-state index contributed by atoms with van der Waals surface area (Å²) in [6.07, 6.45) is 4.42. The molecule has 2 aromatic heterocycles. The van der Waals surface area contributed by atoms with Gasteiger partial charge in [0.1, 0.15) is 5.65 Å². The van der Waals surface area contributed by atoms with E-state index < -0.39 is 0 Å². The molecule has 0 bridgehead atoms. The number of aromatic amines is 1. The van der Waals surface area contributed by atoms with E-state index in [1.165, 1.54) is 23.9 Å². The second kappa shape index (κ2) is 3.91. The first kappa shape index (κ1) is 9.85. The van der Waals surface area contributed by atoms with Gasteiger partial charge in [0.2, 0.25) is 0 Å². The lowest BCUT2D eigenvalue weighted by molar-refractivity contribution is 0.511. The van der Waals surface area contributed by atoms with Gasteiger partial charge in [-0.3, -0.25) is 0 Å². The van der Waals surface area contributed by atoms with Gasteiger partial charge in [-0.1, -0.05) is 6.92 Å². The number of nitrogens with one attached hydrogen (secondary N) is 2. The highest BCUT2D eigenvalue weighted by Crippen LogP contribution is 2.26. The molecule has 2 N–H and O–H groups in total. The molecule has 0 radical (unpaired) electrons. The number of hydrogen-bond acceptors (Lipinski definition) is 2. The summed E-state index contributed by atoms with van der Waals surface area (Å²) in [6.45, 7) is 3.45. The summed E-state index contributed by atoms with van der Waals surface area (Å²) in [5, 5.41) is 4.77. The summed E-state index contributed by atoms with van der Waals surface area (Å²) < 4.78 is 0. The van der Waals surface area contributed by atoms with E-state index in [0.717, 1.165) is 12.2 Å². The molecule has 1 aliphatic rings. The van der Waals surface area contributed by atoms with Crippen LogP contribution in [0.3, 0.4) is 0 Å². The standard InChI is InChI=1S/C13H17N3/c1-9(11-5-3-6-14-11)12-8-10-4-2-7-15-13(10)16-12/h2,4,7-9,11,14H,3,5-6H2,1H3,(H,15,16). The van der Waals surface area contributed by atoms with Crippen LogP contribution in [0, 0.1) is 0 Å². The van der Waals surface area contributed by atoms with Crippen molar-refractivity contribution in [2.24, 2.45) is 0 Å². The quantitative estimate of drug-likeness (QED) is 0.807. The van der Waals surface area contributed by atoms with Gasteiger partial charge in [0.25, 0.3) is 0 Å². The van der Waals surface area contributed by atoms with Crippen LogP contribution in [-0.2, 0) is 0 Å². The third kappa shape index (κ3) is 1.61. The fourth-order valence-electron chi connectivity index (χ4n) is 2.58. The summed E-state index contributed by atoms with van der Waals surface area (Å²) in [7, 11) is 0. The first-order valence-electron chi connectivity index (χ1n) is 6.01. The second-order valence-corrected chi connectivity index (χ2v) is 4.66. The molecule has 0 aromatic carbocycles. The minimum Gasteiger partial charge on any atom is -0.343 e. The first-order chi connectivity index (χ1) is 7.84. The number of H-pyrrole nitrogens is 1. The normalized spacial score (nSPS) is 22.7. The highest BCUT2D eigenvalue weighted by Gasteiger charge is 2.23. The van der Waals surface area contributed by atoms with E-state index in [-0.39, 0.29) is 0 Å². The molecule has 1 fully saturated rings. The largest absolute Gasteiger partial charge is 0.343 e. The van der Waals surface area contributed by atoms with Crippen molar-refractivity contribution in [3.8, 4) is 0 Å². The Morgan fingerprint density at radius 2 is 2.44 bits per heavy atom. The van der Waals surface area contributed by atoms with Gasteiger partial charge >= 0.3 is 0 Å². The molecule has 2 atom stereocenters. The molecule has 2 unspecified atom stereocenters. The van der Waals surface area contributed by atoms with E-state index in [9.17, 15) is 0 Å². The molecule has 0 amide bonds. The van der Waals surface area contributed by atoms with E-state index in [1.54, 1.807) is 0 Å². The van der Waals surface area contributed by atoms with Crippen LogP contribution in [0.4, 0.5) is 0 Å². The topological polar surface area (TPSA) is 40.7 Å². The molecule has 2 aromatic rings. The Balaban J connectivity index is 1.92. The van der Waals surface area contributed by atoms with Gasteiger partial charge in [-0.2, -0.15) is 0 Å². The van der Waals surface area contributed by atoms with Crippen LogP contribution in [0.25, 0.3) is 11.0 Å². The summed E-state index contributed by atoms with van der Waals surface area (Å²) in [6, 6.07) is 6.94. The van der Waals surface area contributed by atoms with Gasteiger partial charge in [-0.15, -0.1) is 0 Å². The van der Waals surface area contributed by atoms with Crippen molar-refractivity contribution in [3.63, 3.8) is 0 Å². The molecule has 1 saturated heterocycles. The lowest BCUT2D eigenvalue weighted by atomic mass is 9.97. The molecule has 0 saturated carbocycles. The monoisotopic (exact) mass is 215 g/mol. The maximum atomic E-state index is 4.33. The maximum Gasteiger partial charge on any atom is 0.137 e. The van der Waals surface area contributed by atoms with Crippen molar-refractivity contribution in [1.29, 1.82) is 0 Å². The predicted octanol–water partition coefficient (Wildman–Crippen LogP) is 2.42. The Morgan fingerprint density at radius 1 is 1.50 bits per heavy atom. The van der Waals surface area contributed by atoms with E-state index in [2.05, 4.69) is 34.3 Å². The Labute approximate surface area is 95.3 Å². The molecular formula is C13H17N3. The van der Waals surface area contributed by atoms with Crippen LogP contribution in [0.5, 0.6) is 0 Å². The third-order valence-corrected chi connectivity index (χ3v) is 3.61. The molecule has 0 aliphatic carbocycles. The van der Waals surface area contributed by atoms with Crippen molar-refractivity contribution in [3.05, 3.63) is 30.1 Å². The lowest BCUT2D eigenvalue weighted by Gasteiger charge is -2.17. The van der Waals surface area contributed by atoms with Crippen molar-refractivity contribution >= 4 is 11.0 Å². The fourth-order valence-corrected chi connectivity index (χ4v) is 2.58. The molecule has 3 rings (SSSR count). The van der Waals surface area contributed by atoms with Gasteiger partial charge < -0.3 is 10.3 Å². The lowest BCUT2D eigenvalue weighted by Crippen LogP contribution is -2.27. The second-order valence-electron chi connectivity index (χ2n) is 4.66. The van der Waals surface area contributed by atoms with Crippen LogP contribution in [-0.4, -0.2) is 22.6 Å². The smallest absolute Gasteiger partial charge is 0.137 e. The zero-order valence-electron chi connectivity index (χ0n) is 9.53. The maximum absolute atomic E-state index is 4.33. The molecule has 16 heavy (non-hydrogen) atoms. The molecule has 3 nitrogen and oxygen atoms in total. The highest BCUT2D eigenvalue weighted by atomic mass is 15.0. The number of aromatic nitrogens is 2. The van der Waals surface area contributed by atoms with Crippen molar-refractivity contribution in [1.82, 2.24) is 15.3 Å². The minimum atomic E-state index is 0.539. The summed E-state index contributed by atoms with van der Waals surface area (Å²) in [5.41, 5.74) is 2.30. The average molecular weight is 215 g/mol. The van der Waals surface area contributed by atoms with Crippen LogP contribution in [0.15, 0.2) is 24.4 Å². The SMILES string of the molecule is CC(c1cc2cccnc2[nH]1)C1CCCN1. The van der Waals surface area contributed by atoms with Crippen molar-refractivity contribution in [2.75, 3.05) is 6.54 Å². The number of rotatable bonds is 2. The molecule has 3 heterocycles. The predicted molar refractivity (Wildman–Crippen MR) is 65.5 cm³/mol. The van der Waals surface area contributed by atoms with Crippen molar-refractivity contribution in [2.45, 2.75) is 31.7 Å². The Kier molecular flexibility index (Phi) is 2.40. The molecule has 1 aliphatic heterocycles. The molecular weight excluding hydrogens is 198 g/mol. The van der Waals surface area contributed by atoms with Crippen LogP contribution in [0.1, 0.15) is 31.4 Å². The van der Waals surface area contributed by atoms with E-state index in [1.807, 2.05) is 12.3 Å². The van der Waals surface area contributed by atoms with Gasteiger partial charge in [0.15, 0.2) is 0 Å². The minimum absolute atomic E-state index is 0.539. The number of fused-ring (bicyclic) bond motifs is 1. The van der Waals surface area contributed by atoms with Crippen molar-refractivity contribution < 1.29 is 0 Å². The third-order valence-electron chi connectivity index (χ3n) is 3.61. The molecule has 84 valence electrons. The zero-order chi connectivity index (χ0) is 11.0. The summed E-state index contributed by atoms with van der Waals surface area (Å²) in [5.74, 6) is 0.539. The molecule has 0 spiro atoms. The highest BCUT2D eigenvalue weighted by molar-refractivity contribution is 5.76. The van der Waals surface area contributed by atoms with Crippen LogP contribution in [0.2, 0.25) is 0 Å². The summed E-state index contributed by atoms with van der Waals surface area (Å²) in [4.78, 5) is 7.76. The van der Waals surface area contributed by atoms with E-state index in [4.69, 9.17) is 0 Å². The van der Waals surface area contributed by atoms with Crippen LogP contribution < -0.4 is 5.32 Å². The Hall–Kier alpha value is -1.35. The van der Waals surface area contributed by atoms with Crippen LogP contribution >= 0.6 is 0 Å². The van der Waals surface area contributed by atoms with Gasteiger partial charge in [0, 0.05) is 29.2 Å². The first-order valence-corrected chi connectivity index (χ1v) is 6.01. The average Bonchev–Trinajstić information content (AvgIpc) is 2.97.